The van der Waals surface area contributed by atoms with E-state index in [1.165, 1.54) is 12.1 Å². The number of aromatic amines is 1. The predicted molar refractivity (Wildman–Crippen MR) is 129 cm³/mol. The van der Waals surface area contributed by atoms with Crippen LogP contribution in [-0.4, -0.2) is 40.8 Å². The highest BCUT2D eigenvalue weighted by molar-refractivity contribution is 6.25. The second-order valence-corrected chi connectivity index (χ2v) is 8.84. The molecule has 1 aromatic heterocycles. The lowest BCUT2D eigenvalue weighted by Gasteiger charge is -2.29. The number of alkyl halides is 3. The van der Waals surface area contributed by atoms with Crippen molar-refractivity contribution in [3.63, 3.8) is 0 Å². The molecule has 2 aliphatic heterocycles. The fourth-order valence-electron chi connectivity index (χ4n) is 4.87. The molecule has 0 saturated heterocycles. The second-order valence-electron chi connectivity index (χ2n) is 8.84. The summed E-state index contributed by atoms with van der Waals surface area (Å²) in [5, 5.41) is 0. The zero-order chi connectivity index (χ0) is 26.6. The number of rotatable bonds is 5. The molecule has 0 radical (unpaired) electrons. The maximum atomic E-state index is 13.7. The molecule has 1 unspecified atom stereocenters. The Morgan fingerprint density at radius 1 is 1.03 bits per heavy atom. The molecule has 0 bridgehead atoms. The van der Waals surface area contributed by atoms with Gasteiger partial charge >= 0.3 is 11.9 Å². The van der Waals surface area contributed by atoms with Crippen LogP contribution in [0.4, 0.5) is 17.6 Å². The molecular weight excluding hydrogens is 506 g/mol. The molecule has 2 aliphatic rings. The maximum absolute atomic E-state index is 13.7. The van der Waals surface area contributed by atoms with Crippen LogP contribution in [0.1, 0.15) is 17.2 Å². The molecule has 192 valence electrons. The SMILES string of the molecule is O=C1C2=C(C(c3cc(Oc4ccccc4)cc4[nH]c(=O)oc34)=NC2)C(c2ccc(F)cc2)N1CC(F)(F)F. The van der Waals surface area contributed by atoms with Crippen molar-refractivity contribution in [1.29, 1.82) is 0 Å². The monoisotopic (exact) mass is 523 g/mol. The van der Waals surface area contributed by atoms with Crippen LogP contribution in [-0.2, 0) is 4.79 Å². The van der Waals surface area contributed by atoms with Crippen LogP contribution >= 0.6 is 0 Å². The van der Waals surface area contributed by atoms with Crippen LogP contribution in [0.3, 0.4) is 0 Å². The number of oxazole rings is 1. The topological polar surface area (TPSA) is 87.9 Å². The van der Waals surface area contributed by atoms with Crippen molar-refractivity contribution in [1.82, 2.24) is 9.88 Å². The first-order valence-electron chi connectivity index (χ1n) is 11.5. The Hall–Kier alpha value is -4.67. The smallest absolute Gasteiger partial charge is 0.417 e. The van der Waals surface area contributed by atoms with Gasteiger partial charge < -0.3 is 14.1 Å². The third-order valence-corrected chi connectivity index (χ3v) is 6.34. The van der Waals surface area contributed by atoms with Gasteiger partial charge in [0, 0.05) is 22.8 Å². The first kappa shape index (κ1) is 23.7. The molecule has 3 aromatic carbocycles. The van der Waals surface area contributed by atoms with Gasteiger partial charge in [-0.05, 0) is 35.9 Å². The van der Waals surface area contributed by atoms with Crippen LogP contribution in [0, 0.1) is 5.82 Å². The minimum Gasteiger partial charge on any atom is -0.457 e. The summed E-state index contributed by atoms with van der Waals surface area (Å²) >= 11 is 0. The Balaban J connectivity index is 1.50. The third kappa shape index (κ3) is 4.15. The van der Waals surface area contributed by atoms with Crippen LogP contribution in [0.15, 0.2) is 92.1 Å². The Labute approximate surface area is 211 Å². The summed E-state index contributed by atoms with van der Waals surface area (Å²) in [4.78, 5) is 33.0. The quantitative estimate of drug-likeness (QED) is 0.360. The normalized spacial score (nSPS) is 17.4. The zero-order valence-electron chi connectivity index (χ0n) is 19.4. The Morgan fingerprint density at radius 3 is 2.47 bits per heavy atom. The molecule has 1 N–H and O–H groups in total. The van der Waals surface area contributed by atoms with E-state index in [2.05, 4.69) is 9.98 Å². The lowest BCUT2D eigenvalue weighted by molar-refractivity contribution is -0.160. The Morgan fingerprint density at radius 2 is 1.76 bits per heavy atom. The van der Waals surface area contributed by atoms with Crippen LogP contribution < -0.4 is 10.5 Å². The highest BCUT2D eigenvalue weighted by Gasteiger charge is 2.48. The number of carbonyl (C=O) groups is 1. The van der Waals surface area contributed by atoms with Gasteiger partial charge in [-0.15, -0.1) is 0 Å². The van der Waals surface area contributed by atoms with Crippen molar-refractivity contribution in [2.75, 3.05) is 13.1 Å². The number of amides is 1. The van der Waals surface area contributed by atoms with Gasteiger partial charge in [0.2, 0.25) is 0 Å². The van der Waals surface area contributed by atoms with Crippen molar-refractivity contribution < 1.29 is 31.5 Å². The summed E-state index contributed by atoms with van der Waals surface area (Å²) in [6, 6.07) is 15.7. The molecule has 0 fully saturated rings. The summed E-state index contributed by atoms with van der Waals surface area (Å²) in [7, 11) is 0. The van der Waals surface area contributed by atoms with Crippen molar-refractivity contribution in [2.24, 2.45) is 4.99 Å². The fraction of sp³-hybridized carbons (Fsp3) is 0.148. The molecule has 7 nitrogen and oxygen atoms in total. The molecule has 1 atom stereocenters. The number of para-hydroxylation sites is 1. The van der Waals surface area contributed by atoms with Crippen molar-refractivity contribution in [3.8, 4) is 11.5 Å². The van der Waals surface area contributed by atoms with E-state index in [0.717, 1.165) is 12.1 Å². The number of hydrogen-bond donors (Lipinski definition) is 1. The molecule has 38 heavy (non-hydrogen) atoms. The average molecular weight is 523 g/mol. The summed E-state index contributed by atoms with van der Waals surface area (Å²) in [5.41, 5.74) is 1.48. The molecule has 0 spiro atoms. The molecular formula is C27H17F4N3O4. The minimum atomic E-state index is -4.67. The number of benzene rings is 3. The highest BCUT2D eigenvalue weighted by atomic mass is 19.4. The van der Waals surface area contributed by atoms with Gasteiger partial charge in [0.1, 0.15) is 23.9 Å². The molecule has 3 heterocycles. The summed E-state index contributed by atoms with van der Waals surface area (Å²) in [6.45, 7) is -1.66. The van der Waals surface area contributed by atoms with Gasteiger partial charge in [0.05, 0.1) is 23.8 Å². The van der Waals surface area contributed by atoms with E-state index in [-0.39, 0.29) is 45.6 Å². The fourth-order valence-corrected chi connectivity index (χ4v) is 4.87. The van der Waals surface area contributed by atoms with Gasteiger partial charge in [0.15, 0.2) is 5.58 Å². The van der Waals surface area contributed by atoms with Crippen molar-refractivity contribution in [3.05, 3.63) is 105 Å². The lowest BCUT2D eigenvalue weighted by Crippen LogP contribution is -2.39. The van der Waals surface area contributed by atoms with E-state index in [4.69, 9.17) is 9.15 Å². The van der Waals surface area contributed by atoms with E-state index in [1.807, 2.05) is 6.07 Å². The van der Waals surface area contributed by atoms with Crippen molar-refractivity contribution in [2.45, 2.75) is 12.2 Å². The van der Waals surface area contributed by atoms with Gasteiger partial charge in [-0.3, -0.25) is 14.8 Å². The number of fused-ring (bicyclic) bond motifs is 1. The summed E-state index contributed by atoms with van der Waals surface area (Å²) in [6.07, 6.45) is -4.67. The summed E-state index contributed by atoms with van der Waals surface area (Å²) in [5.74, 6) is -1.32. The van der Waals surface area contributed by atoms with E-state index in [0.29, 0.717) is 16.4 Å². The minimum absolute atomic E-state index is 0.0963. The van der Waals surface area contributed by atoms with Crippen LogP contribution in [0.25, 0.3) is 11.1 Å². The predicted octanol–water partition coefficient (Wildman–Crippen LogP) is 5.30. The third-order valence-electron chi connectivity index (χ3n) is 6.34. The van der Waals surface area contributed by atoms with Crippen LogP contribution in [0.2, 0.25) is 0 Å². The summed E-state index contributed by atoms with van der Waals surface area (Å²) < 4.78 is 65.6. The molecule has 6 rings (SSSR count). The highest BCUT2D eigenvalue weighted by Crippen LogP contribution is 2.45. The molecule has 0 aliphatic carbocycles. The number of nitrogens with zero attached hydrogens (tertiary/aromatic N) is 2. The zero-order valence-corrected chi connectivity index (χ0v) is 19.4. The molecule has 0 saturated carbocycles. The number of H-pyrrole nitrogens is 1. The standard InChI is InChI=1S/C27H17F4N3O4/c28-15-8-6-14(7-9-15)23-21-19(25(35)34(23)13-27(29,30)31)12-32-22(21)18-10-17(37-16-4-2-1-3-5-16)11-20-24(18)38-26(36)33-20/h1-11,23H,12-13H2,(H,33,36). The van der Waals surface area contributed by atoms with Gasteiger partial charge in [0.25, 0.3) is 5.91 Å². The molecule has 4 aromatic rings. The first-order valence-corrected chi connectivity index (χ1v) is 11.5. The van der Waals surface area contributed by atoms with E-state index < -0.39 is 36.2 Å². The first-order chi connectivity index (χ1) is 18.2. The van der Waals surface area contributed by atoms with Crippen LogP contribution in [0.5, 0.6) is 11.5 Å². The number of nitrogens with one attached hydrogen (secondary N) is 1. The maximum Gasteiger partial charge on any atom is 0.417 e. The lowest BCUT2D eigenvalue weighted by atomic mass is 9.91. The average Bonchev–Trinajstić information content (AvgIpc) is 3.53. The Kier molecular flexibility index (Phi) is 5.44. The molecule has 1 amide bonds. The van der Waals surface area contributed by atoms with Crippen molar-refractivity contribution >= 4 is 22.7 Å². The van der Waals surface area contributed by atoms with Gasteiger partial charge in [-0.2, -0.15) is 13.2 Å². The molecule has 11 heteroatoms. The number of halogens is 4. The second kappa shape index (κ2) is 8.72. The number of ether oxygens (including phenoxy) is 1. The van der Waals surface area contributed by atoms with E-state index >= 15 is 0 Å². The van der Waals surface area contributed by atoms with E-state index in [1.54, 1.807) is 36.4 Å². The number of aliphatic imine (C=N–C) groups is 1. The number of hydrogen-bond acceptors (Lipinski definition) is 5. The van der Waals surface area contributed by atoms with Gasteiger partial charge in [-0.25, -0.2) is 9.18 Å². The largest absolute Gasteiger partial charge is 0.457 e. The Bertz CT molecular complexity index is 1690. The van der Waals surface area contributed by atoms with E-state index in [9.17, 15) is 27.2 Å². The van der Waals surface area contributed by atoms with Gasteiger partial charge in [-0.1, -0.05) is 30.3 Å². The number of aromatic nitrogens is 1. The number of carbonyl (C=O) groups excluding carboxylic acids is 1.